The van der Waals surface area contributed by atoms with E-state index >= 15 is 0 Å². The first kappa shape index (κ1) is 21.1. The van der Waals surface area contributed by atoms with Gasteiger partial charge < -0.3 is 15.4 Å². The Morgan fingerprint density at radius 2 is 1.64 bits per heavy atom. The highest BCUT2D eigenvalue weighted by molar-refractivity contribution is 5.96. The van der Waals surface area contributed by atoms with Crippen LogP contribution in [-0.2, 0) is 9.53 Å². The van der Waals surface area contributed by atoms with Crippen LogP contribution in [0.15, 0.2) is 54.6 Å². The highest BCUT2D eigenvalue weighted by atomic mass is 19.4. The highest BCUT2D eigenvalue weighted by Crippen LogP contribution is 2.33. The number of ether oxygens (including phenoxy) is 1. The second-order valence-electron chi connectivity index (χ2n) is 5.91. The van der Waals surface area contributed by atoms with Gasteiger partial charge in [-0.15, -0.1) is 0 Å². The third-order valence-corrected chi connectivity index (χ3v) is 3.69. The molecule has 0 aliphatic carbocycles. The van der Waals surface area contributed by atoms with Crippen molar-refractivity contribution in [1.29, 1.82) is 0 Å². The lowest BCUT2D eigenvalue weighted by atomic mass is 10.1. The maximum absolute atomic E-state index is 14.0. The number of halogens is 3. The van der Waals surface area contributed by atoms with E-state index in [1.54, 1.807) is 36.5 Å². The zero-order valence-corrected chi connectivity index (χ0v) is 15.3. The summed E-state index contributed by atoms with van der Waals surface area (Å²) in [5.41, 5.74) is -2.56. The van der Waals surface area contributed by atoms with Gasteiger partial charge in [0, 0.05) is 11.4 Å². The third-order valence-electron chi connectivity index (χ3n) is 3.69. The van der Waals surface area contributed by atoms with Crippen molar-refractivity contribution in [3.8, 4) is 0 Å². The van der Waals surface area contributed by atoms with Gasteiger partial charge in [-0.05, 0) is 43.7 Å². The van der Waals surface area contributed by atoms with E-state index in [1.807, 2.05) is 0 Å². The smallest absolute Gasteiger partial charge is 0.441 e. The van der Waals surface area contributed by atoms with Crippen molar-refractivity contribution in [2.24, 2.45) is 0 Å². The molecule has 0 aliphatic rings. The number of nitrogens with one attached hydrogen (secondary N) is 3. The number of rotatable bonds is 6. The summed E-state index contributed by atoms with van der Waals surface area (Å²) in [4.78, 5) is 24.6. The Balaban J connectivity index is 2.40. The Kier molecular flexibility index (Phi) is 6.50. The lowest BCUT2D eigenvalue weighted by Crippen LogP contribution is -2.70. The zero-order chi connectivity index (χ0) is 20.8. The Hall–Kier alpha value is -3.23. The molecule has 3 N–H and O–H groups in total. The normalized spacial score (nSPS) is 13.2. The molecule has 0 saturated carbocycles. The van der Waals surface area contributed by atoms with Gasteiger partial charge in [0.15, 0.2) is 0 Å². The molecular formula is C19H20F3N3O3. The maximum atomic E-state index is 14.0. The van der Waals surface area contributed by atoms with Crippen LogP contribution in [-0.4, -0.2) is 30.4 Å². The van der Waals surface area contributed by atoms with Gasteiger partial charge in [-0.1, -0.05) is 30.3 Å². The molecule has 0 heterocycles. The van der Waals surface area contributed by atoms with Crippen LogP contribution in [0.25, 0.3) is 0 Å². The number of carbonyl (C=O) groups excluding carboxylic acids is 2. The molecule has 150 valence electrons. The van der Waals surface area contributed by atoms with Crippen molar-refractivity contribution in [2.75, 3.05) is 17.2 Å². The van der Waals surface area contributed by atoms with Crippen molar-refractivity contribution in [2.45, 2.75) is 25.7 Å². The Labute approximate surface area is 160 Å². The number of carbonyl (C=O) groups is 2. The van der Waals surface area contributed by atoms with Gasteiger partial charge >= 0.3 is 23.8 Å². The van der Waals surface area contributed by atoms with Crippen molar-refractivity contribution < 1.29 is 27.5 Å². The summed E-state index contributed by atoms with van der Waals surface area (Å²) < 4.78 is 46.7. The van der Waals surface area contributed by atoms with Crippen LogP contribution in [0.3, 0.4) is 0 Å². The minimum Gasteiger partial charge on any atom is -0.463 e. The van der Waals surface area contributed by atoms with Gasteiger partial charge in [0.1, 0.15) is 0 Å². The molecule has 2 amide bonds. The molecule has 28 heavy (non-hydrogen) atoms. The highest BCUT2D eigenvalue weighted by Gasteiger charge is 2.63. The molecule has 0 aliphatic heterocycles. The van der Waals surface area contributed by atoms with E-state index in [1.165, 1.54) is 37.3 Å². The fourth-order valence-corrected chi connectivity index (χ4v) is 2.42. The summed E-state index contributed by atoms with van der Waals surface area (Å²) in [7, 11) is 0. The van der Waals surface area contributed by atoms with Gasteiger partial charge in [0.05, 0.1) is 6.61 Å². The Bertz CT molecular complexity index is 828. The van der Waals surface area contributed by atoms with E-state index in [9.17, 15) is 22.8 Å². The van der Waals surface area contributed by atoms with Crippen molar-refractivity contribution in [3.63, 3.8) is 0 Å². The third kappa shape index (κ3) is 4.93. The standard InChI is InChI=1S/C19H20F3N3O3/c1-3-28-16(26)18(19(20,21)22,24-15-11-7-8-13(2)12-15)25-17(27)23-14-9-5-4-6-10-14/h4-12,24H,3H2,1-2H3,(H2,23,25,27)/t18-/m0/s1. The summed E-state index contributed by atoms with van der Waals surface area (Å²) in [6.45, 7) is 2.75. The van der Waals surface area contributed by atoms with Crippen LogP contribution in [0.1, 0.15) is 12.5 Å². The average Bonchev–Trinajstić information content (AvgIpc) is 2.61. The molecule has 0 spiro atoms. The summed E-state index contributed by atoms with van der Waals surface area (Å²) in [6, 6.07) is 12.6. The quantitative estimate of drug-likeness (QED) is 0.509. The molecule has 9 heteroatoms. The molecule has 0 unspecified atom stereocenters. The molecule has 0 bridgehead atoms. The molecule has 0 aromatic heterocycles. The van der Waals surface area contributed by atoms with Crippen LogP contribution in [0.2, 0.25) is 0 Å². The minimum atomic E-state index is -5.20. The van der Waals surface area contributed by atoms with Gasteiger partial charge in [0.25, 0.3) is 0 Å². The number of anilines is 2. The average molecular weight is 395 g/mol. The van der Waals surface area contributed by atoms with Crippen LogP contribution in [0.4, 0.5) is 29.3 Å². The van der Waals surface area contributed by atoms with Gasteiger partial charge in [-0.2, -0.15) is 13.2 Å². The van der Waals surface area contributed by atoms with Crippen LogP contribution >= 0.6 is 0 Å². The van der Waals surface area contributed by atoms with E-state index < -0.39 is 23.8 Å². The fraction of sp³-hybridized carbons (Fsp3) is 0.263. The van der Waals surface area contributed by atoms with Crippen LogP contribution < -0.4 is 16.0 Å². The number of benzene rings is 2. The molecule has 0 saturated heterocycles. The number of alkyl halides is 3. The molecule has 0 radical (unpaired) electrons. The molecule has 2 rings (SSSR count). The van der Waals surface area contributed by atoms with Gasteiger partial charge in [-0.3, -0.25) is 5.32 Å². The second-order valence-corrected chi connectivity index (χ2v) is 5.91. The largest absolute Gasteiger partial charge is 0.463 e. The van der Waals surface area contributed by atoms with E-state index in [2.05, 4.69) is 15.4 Å². The molecule has 6 nitrogen and oxygen atoms in total. The number of hydrogen-bond donors (Lipinski definition) is 3. The SMILES string of the molecule is CCOC(=O)[C@@](NC(=O)Nc1ccccc1)(Nc1cccc(C)c1)C(F)(F)F. The van der Waals surface area contributed by atoms with Crippen LogP contribution in [0.5, 0.6) is 0 Å². The van der Waals surface area contributed by atoms with Crippen molar-refractivity contribution >= 4 is 23.4 Å². The molecule has 0 fully saturated rings. The van der Waals surface area contributed by atoms with E-state index in [0.29, 0.717) is 5.56 Å². The summed E-state index contributed by atoms with van der Waals surface area (Å²) in [6.07, 6.45) is -5.20. The summed E-state index contributed by atoms with van der Waals surface area (Å²) in [5.74, 6) is -1.67. The van der Waals surface area contributed by atoms with Crippen LogP contribution in [0, 0.1) is 6.92 Å². The number of hydrogen-bond acceptors (Lipinski definition) is 4. The lowest BCUT2D eigenvalue weighted by Gasteiger charge is -2.35. The minimum absolute atomic E-state index is 0.00890. The lowest BCUT2D eigenvalue weighted by molar-refractivity contribution is -0.204. The van der Waals surface area contributed by atoms with E-state index in [-0.39, 0.29) is 18.0 Å². The topological polar surface area (TPSA) is 79.5 Å². The first-order valence-electron chi connectivity index (χ1n) is 8.41. The number of esters is 1. The predicted molar refractivity (Wildman–Crippen MR) is 98.8 cm³/mol. The number of para-hydroxylation sites is 1. The first-order valence-corrected chi connectivity index (χ1v) is 8.41. The Morgan fingerprint density at radius 1 is 1.00 bits per heavy atom. The number of amides is 2. The van der Waals surface area contributed by atoms with Gasteiger partial charge in [0.2, 0.25) is 0 Å². The molecular weight excluding hydrogens is 375 g/mol. The summed E-state index contributed by atoms with van der Waals surface area (Å²) in [5, 5.41) is 6.08. The van der Waals surface area contributed by atoms with E-state index in [4.69, 9.17) is 0 Å². The van der Waals surface area contributed by atoms with Crippen molar-refractivity contribution in [1.82, 2.24) is 5.32 Å². The maximum Gasteiger partial charge on any atom is 0.441 e. The molecule has 1 atom stereocenters. The monoisotopic (exact) mass is 395 g/mol. The number of aryl methyl sites for hydroxylation is 1. The van der Waals surface area contributed by atoms with E-state index in [0.717, 1.165) is 0 Å². The van der Waals surface area contributed by atoms with Gasteiger partial charge in [-0.25, -0.2) is 9.59 Å². The predicted octanol–water partition coefficient (Wildman–Crippen LogP) is 4.05. The zero-order valence-electron chi connectivity index (χ0n) is 15.3. The molecule has 2 aromatic carbocycles. The Morgan fingerprint density at radius 3 is 2.21 bits per heavy atom. The summed E-state index contributed by atoms with van der Waals surface area (Å²) >= 11 is 0. The second kappa shape index (κ2) is 8.64. The number of urea groups is 1. The van der Waals surface area contributed by atoms with Crippen molar-refractivity contribution in [3.05, 3.63) is 60.2 Å². The molecule has 2 aromatic rings. The first-order chi connectivity index (χ1) is 13.2. The fourth-order valence-electron chi connectivity index (χ4n) is 2.42.